The minimum absolute atomic E-state index is 0.167. The van der Waals surface area contributed by atoms with E-state index < -0.39 is 0 Å². The molecule has 0 spiro atoms. The van der Waals surface area contributed by atoms with Gasteiger partial charge in [0.25, 0.3) is 5.91 Å². The number of aryl methyl sites for hydroxylation is 1. The lowest BCUT2D eigenvalue weighted by Gasteiger charge is -2.13. The highest BCUT2D eigenvalue weighted by molar-refractivity contribution is 6.30. The molecule has 0 atom stereocenters. The van der Waals surface area contributed by atoms with Crippen LogP contribution in [0.2, 0.25) is 5.15 Å². The first-order valence-electron chi connectivity index (χ1n) is 11.1. The molecule has 0 bridgehead atoms. The Morgan fingerprint density at radius 3 is 2.53 bits per heavy atom. The molecule has 176 valence electrons. The third-order valence-electron chi connectivity index (χ3n) is 5.66. The highest BCUT2D eigenvalue weighted by Crippen LogP contribution is 2.31. The van der Waals surface area contributed by atoms with Crippen molar-refractivity contribution in [1.82, 2.24) is 29.8 Å². The number of carbonyl (C=O) groups is 1. The van der Waals surface area contributed by atoms with Gasteiger partial charge in [0.05, 0.1) is 18.8 Å². The molecule has 3 N–H and O–H groups in total. The molecule has 9 nitrogen and oxygen atoms in total. The molecule has 0 saturated heterocycles. The molecule has 4 aromatic rings. The normalized spacial score (nSPS) is 11.2. The summed E-state index contributed by atoms with van der Waals surface area (Å²) in [6.45, 7) is 2.33. The van der Waals surface area contributed by atoms with Gasteiger partial charge in [-0.25, -0.2) is 4.98 Å². The Kier molecular flexibility index (Phi) is 7.46. The van der Waals surface area contributed by atoms with Crippen LogP contribution in [0.5, 0.6) is 0 Å². The van der Waals surface area contributed by atoms with Gasteiger partial charge in [-0.15, -0.1) is 5.10 Å². The van der Waals surface area contributed by atoms with Crippen molar-refractivity contribution >= 4 is 17.5 Å². The second-order valence-corrected chi connectivity index (χ2v) is 8.23. The van der Waals surface area contributed by atoms with Gasteiger partial charge in [0.1, 0.15) is 5.82 Å². The maximum atomic E-state index is 12.1. The Labute approximate surface area is 202 Å². The standard InChI is InChI=1S/C24H26ClN7O2/c1-2-3-8-21-27-23(25)20(15-33)31(21)14-16-9-11-17(12-10-16)18-6-4-5-7-19(18)24-28-29-30-32(24)22(34)13-26/h4-7,9-12,33H,2-3,8,13-15,26H2,1H3. The lowest BCUT2D eigenvalue weighted by Crippen LogP contribution is -2.23. The average Bonchev–Trinajstić information content (AvgIpc) is 3.47. The maximum Gasteiger partial charge on any atom is 0.264 e. The first-order valence-corrected chi connectivity index (χ1v) is 11.5. The summed E-state index contributed by atoms with van der Waals surface area (Å²) in [5.41, 5.74) is 9.74. The fourth-order valence-corrected chi connectivity index (χ4v) is 4.14. The smallest absolute Gasteiger partial charge is 0.264 e. The third-order valence-corrected chi connectivity index (χ3v) is 5.96. The van der Waals surface area contributed by atoms with Gasteiger partial charge < -0.3 is 15.4 Å². The minimum Gasteiger partial charge on any atom is -0.390 e. The second-order valence-electron chi connectivity index (χ2n) is 7.87. The topological polar surface area (TPSA) is 125 Å². The lowest BCUT2D eigenvalue weighted by atomic mass is 9.98. The summed E-state index contributed by atoms with van der Waals surface area (Å²) in [5, 5.41) is 21.7. The fourth-order valence-electron chi connectivity index (χ4n) is 3.88. The SMILES string of the molecule is CCCCc1nc(Cl)c(CO)n1Cc1ccc(-c2ccccc2-c2nnnn2C(=O)CN)cc1. The number of hydrogen-bond acceptors (Lipinski definition) is 7. The Bertz CT molecular complexity index is 1280. The van der Waals surface area contributed by atoms with Crippen LogP contribution in [-0.4, -0.2) is 47.3 Å². The molecule has 0 unspecified atom stereocenters. The summed E-state index contributed by atoms with van der Waals surface area (Å²) in [5.74, 6) is 0.834. The molecule has 0 fully saturated rings. The zero-order chi connectivity index (χ0) is 24.1. The monoisotopic (exact) mass is 479 g/mol. The zero-order valence-electron chi connectivity index (χ0n) is 18.9. The highest BCUT2D eigenvalue weighted by Gasteiger charge is 2.18. The molecule has 2 heterocycles. The number of nitrogens with two attached hydrogens (primary N) is 1. The van der Waals surface area contributed by atoms with E-state index in [1.807, 2.05) is 53.1 Å². The summed E-state index contributed by atoms with van der Waals surface area (Å²) in [6.07, 6.45) is 2.85. The number of aliphatic hydroxyl groups is 1. The Balaban J connectivity index is 1.65. The number of carbonyl (C=O) groups excluding carboxylic acids is 1. The Morgan fingerprint density at radius 2 is 1.85 bits per heavy atom. The molecule has 2 aromatic carbocycles. The predicted molar refractivity (Wildman–Crippen MR) is 129 cm³/mol. The van der Waals surface area contributed by atoms with Crippen LogP contribution in [0, 0.1) is 0 Å². The molecule has 0 aliphatic heterocycles. The van der Waals surface area contributed by atoms with Gasteiger partial charge in [-0.05, 0) is 33.5 Å². The van der Waals surface area contributed by atoms with Gasteiger partial charge >= 0.3 is 0 Å². The van der Waals surface area contributed by atoms with Crippen molar-refractivity contribution in [1.29, 1.82) is 0 Å². The van der Waals surface area contributed by atoms with Crippen LogP contribution in [-0.2, 0) is 19.6 Å². The number of benzene rings is 2. The van der Waals surface area contributed by atoms with Crippen LogP contribution in [0.25, 0.3) is 22.5 Å². The first kappa shape index (κ1) is 23.7. The van der Waals surface area contributed by atoms with Crippen molar-refractivity contribution in [3.63, 3.8) is 0 Å². The number of unbranched alkanes of at least 4 members (excludes halogenated alkanes) is 1. The fraction of sp³-hybridized carbons (Fsp3) is 0.292. The largest absolute Gasteiger partial charge is 0.390 e. The summed E-state index contributed by atoms with van der Waals surface area (Å²) < 4.78 is 3.12. The number of aromatic nitrogens is 6. The average molecular weight is 480 g/mol. The van der Waals surface area contributed by atoms with E-state index >= 15 is 0 Å². The van der Waals surface area contributed by atoms with Crippen molar-refractivity contribution in [3.8, 4) is 22.5 Å². The molecule has 4 rings (SSSR count). The number of halogens is 1. The molecule has 0 aliphatic rings. The van der Waals surface area contributed by atoms with Gasteiger partial charge in [0, 0.05) is 18.5 Å². The molecule has 0 aliphatic carbocycles. The van der Waals surface area contributed by atoms with E-state index in [0.29, 0.717) is 23.2 Å². The van der Waals surface area contributed by atoms with E-state index in [9.17, 15) is 9.90 Å². The van der Waals surface area contributed by atoms with Gasteiger partial charge in [-0.3, -0.25) is 4.79 Å². The summed E-state index contributed by atoms with van der Waals surface area (Å²) in [6, 6.07) is 15.7. The molecule has 10 heteroatoms. The molecule has 2 aromatic heterocycles. The first-order chi connectivity index (χ1) is 16.6. The minimum atomic E-state index is -0.386. The van der Waals surface area contributed by atoms with E-state index in [4.69, 9.17) is 17.3 Å². The lowest BCUT2D eigenvalue weighted by molar-refractivity contribution is 0.0908. The Hall–Kier alpha value is -3.40. The summed E-state index contributed by atoms with van der Waals surface area (Å²) in [7, 11) is 0. The van der Waals surface area contributed by atoms with Crippen LogP contribution in [0.15, 0.2) is 48.5 Å². The van der Waals surface area contributed by atoms with Crippen LogP contribution in [0.1, 0.15) is 41.6 Å². The molecule has 0 amide bonds. The zero-order valence-corrected chi connectivity index (χ0v) is 19.6. The predicted octanol–water partition coefficient (Wildman–Crippen LogP) is 3.34. The second kappa shape index (κ2) is 10.7. The maximum absolute atomic E-state index is 12.1. The van der Waals surface area contributed by atoms with Crippen LogP contribution < -0.4 is 5.73 Å². The van der Waals surface area contributed by atoms with Gasteiger partial charge in [-0.2, -0.15) is 4.68 Å². The van der Waals surface area contributed by atoms with Crippen molar-refractivity contribution < 1.29 is 9.90 Å². The quantitative estimate of drug-likeness (QED) is 0.352. The van der Waals surface area contributed by atoms with Gasteiger partial charge in [0.2, 0.25) is 0 Å². The van der Waals surface area contributed by atoms with E-state index in [-0.39, 0.29) is 19.1 Å². The number of hydrogen-bond donors (Lipinski definition) is 2. The van der Waals surface area contributed by atoms with Crippen molar-refractivity contribution in [2.45, 2.75) is 39.3 Å². The van der Waals surface area contributed by atoms with Crippen molar-refractivity contribution in [2.24, 2.45) is 5.73 Å². The molecule has 0 saturated carbocycles. The van der Waals surface area contributed by atoms with E-state index in [0.717, 1.165) is 52.0 Å². The van der Waals surface area contributed by atoms with Crippen molar-refractivity contribution in [2.75, 3.05) is 6.54 Å². The molecule has 34 heavy (non-hydrogen) atoms. The Morgan fingerprint density at radius 1 is 1.12 bits per heavy atom. The third kappa shape index (κ3) is 4.77. The number of nitrogens with zero attached hydrogens (tertiary/aromatic N) is 6. The van der Waals surface area contributed by atoms with Crippen LogP contribution in [0.3, 0.4) is 0 Å². The number of tetrazole rings is 1. The van der Waals surface area contributed by atoms with E-state index in [1.165, 1.54) is 0 Å². The van der Waals surface area contributed by atoms with E-state index in [2.05, 4.69) is 27.4 Å². The number of imidazole rings is 1. The van der Waals surface area contributed by atoms with Gasteiger partial charge in [0.15, 0.2) is 11.0 Å². The summed E-state index contributed by atoms with van der Waals surface area (Å²) >= 11 is 6.27. The van der Waals surface area contributed by atoms with Crippen LogP contribution in [0.4, 0.5) is 0 Å². The summed E-state index contributed by atoms with van der Waals surface area (Å²) in [4.78, 5) is 16.6. The molecular formula is C24H26ClN7O2. The van der Waals surface area contributed by atoms with Crippen LogP contribution >= 0.6 is 11.6 Å². The molecular weight excluding hydrogens is 454 g/mol. The van der Waals surface area contributed by atoms with Crippen molar-refractivity contribution in [3.05, 3.63) is 70.8 Å². The number of rotatable bonds is 9. The van der Waals surface area contributed by atoms with E-state index in [1.54, 1.807) is 0 Å². The molecule has 0 radical (unpaired) electrons. The van der Waals surface area contributed by atoms with Gasteiger partial charge in [-0.1, -0.05) is 73.5 Å². The highest BCUT2D eigenvalue weighted by atomic mass is 35.5. The number of aliphatic hydroxyl groups excluding tert-OH is 1.